The molecule has 168 valence electrons. The molecule has 0 bridgehead atoms. The van der Waals surface area contributed by atoms with Gasteiger partial charge in [0.15, 0.2) is 5.82 Å². The van der Waals surface area contributed by atoms with Gasteiger partial charge in [-0.1, -0.05) is 17.7 Å². The molecule has 2 aliphatic heterocycles. The van der Waals surface area contributed by atoms with Crippen LogP contribution < -0.4 is 20.4 Å². The van der Waals surface area contributed by atoms with E-state index < -0.39 is 5.54 Å². The summed E-state index contributed by atoms with van der Waals surface area (Å²) < 4.78 is 2.01. The molecule has 0 saturated carbocycles. The maximum absolute atomic E-state index is 13.0. The zero-order valence-corrected chi connectivity index (χ0v) is 19.0. The first kappa shape index (κ1) is 21.0. The molecule has 2 N–H and O–H groups in total. The summed E-state index contributed by atoms with van der Waals surface area (Å²) in [5.41, 5.74) is 1.25. The number of amides is 1. The summed E-state index contributed by atoms with van der Waals surface area (Å²) in [5.74, 6) is 1.28. The van der Waals surface area contributed by atoms with Gasteiger partial charge in [-0.3, -0.25) is 4.79 Å². The Kier molecular flexibility index (Phi) is 5.38. The minimum absolute atomic E-state index is 0.0182. The maximum Gasteiger partial charge on any atom is 0.227 e. The Balaban J connectivity index is 1.25. The molecule has 0 radical (unpaired) electrons. The van der Waals surface area contributed by atoms with E-state index in [1.165, 1.54) is 0 Å². The molecule has 5 heterocycles. The lowest BCUT2D eigenvalue weighted by atomic mass is 9.95. The zero-order chi connectivity index (χ0) is 22.3. The van der Waals surface area contributed by atoms with Crippen molar-refractivity contribution >= 4 is 34.9 Å². The molecule has 1 amide bonds. The van der Waals surface area contributed by atoms with Crippen LogP contribution in [0.15, 0.2) is 36.8 Å². The quantitative estimate of drug-likeness (QED) is 0.606. The molecule has 3 aromatic rings. The monoisotopic (exact) mass is 454 g/mol. The standard InChI is InChI=1S/C22H27ClN8O/c1-22(2,17-12-25-18-5-3-4-8-31(17)18)28-20(32)15-13-30(14-15)19-16(23)11-26-21(27-19)29-9-6-24-7-10-29/h3-5,8,11-12,15,24H,6-7,9-10,13-14H2,1-2H3,(H,28,32). The highest BCUT2D eigenvalue weighted by molar-refractivity contribution is 6.32. The highest BCUT2D eigenvalue weighted by Crippen LogP contribution is 2.31. The van der Waals surface area contributed by atoms with Crippen molar-refractivity contribution in [2.24, 2.45) is 5.92 Å². The summed E-state index contributed by atoms with van der Waals surface area (Å²) in [5, 5.41) is 7.03. The number of nitrogens with one attached hydrogen (secondary N) is 2. The van der Waals surface area contributed by atoms with Crippen molar-refractivity contribution in [3.8, 4) is 0 Å². The van der Waals surface area contributed by atoms with Gasteiger partial charge in [-0.25, -0.2) is 9.97 Å². The van der Waals surface area contributed by atoms with Crippen molar-refractivity contribution < 1.29 is 4.79 Å². The maximum atomic E-state index is 13.0. The fourth-order valence-corrected chi connectivity index (χ4v) is 4.49. The Labute approximate surface area is 191 Å². The zero-order valence-electron chi connectivity index (χ0n) is 18.3. The highest BCUT2D eigenvalue weighted by Gasteiger charge is 2.38. The Morgan fingerprint density at radius 1 is 1.16 bits per heavy atom. The molecule has 2 fully saturated rings. The summed E-state index contributed by atoms with van der Waals surface area (Å²) in [6.07, 6.45) is 5.44. The minimum Gasteiger partial charge on any atom is -0.353 e. The van der Waals surface area contributed by atoms with Crippen LogP contribution in [-0.2, 0) is 10.3 Å². The number of anilines is 2. The number of imidazole rings is 1. The summed E-state index contributed by atoms with van der Waals surface area (Å²) >= 11 is 6.39. The number of aromatic nitrogens is 4. The second-order valence-electron chi connectivity index (χ2n) is 8.87. The van der Waals surface area contributed by atoms with E-state index in [1.807, 2.05) is 53.7 Å². The number of rotatable bonds is 5. The fraction of sp³-hybridized carbons (Fsp3) is 0.455. The number of carbonyl (C=O) groups is 1. The van der Waals surface area contributed by atoms with E-state index in [4.69, 9.17) is 16.6 Å². The Hall–Kier alpha value is -2.91. The van der Waals surface area contributed by atoms with Gasteiger partial charge in [-0.15, -0.1) is 0 Å². The van der Waals surface area contributed by atoms with Gasteiger partial charge in [0.05, 0.1) is 29.5 Å². The minimum atomic E-state index is -0.555. The third-order valence-corrected chi connectivity index (χ3v) is 6.42. The molecule has 0 aliphatic carbocycles. The first-order chi connectivity index (χ1) is 15.4. The molecule has 2 saturated heterocycles. The molecule has 0 atom stereocenters. The van der Waals surface area contributed by atoms with Crippen LogP contribution in [0.2, 0.25) is 5.02 Å². The number of hydrogen-bond donors (Lipinski definition) is 2. The van der Waals surface area contributed by atoms with Crippen molar-refractivity contribution in [2.75, 3.05) is 49.1 Å². The summed E-state index contributed by atoms with van der Waals surface area (Å²) in [6, 6.07) is 5.86. The molecule has 3 aromatic heterocycles. The Morgan fingerprint density at radius 3 is 2.72 bits per heavy atom. The van der Waals surface area contributed by atoms with Gasteiger partial charge in [0.2, 0.25) is 11.9 Å². The SMILES string of the molecule is CC(C)(NC(=O)C1CN(c2nc(N3CCNCC3)ncc2Cl)C1)c1cnc2ccccn12. The van der Waals surface area contributed by atoms with E-state index in [2.05, 4.69) is 25.5 Å². The lowest BCUT2D eigenvalue weighted by Gasteiger charge is -2.41. The number of hydrogen-bond acceptors (Lipinski definition) is 7. The largest absolute Gasteiger partial charge is 0.353 e. The predicted octanol–water partition coefficient (Wildman–Crippen LogP) is 1.67. The topological polar surface area (TPSA) is 90.7 Å². The van der Waals surface area contributed by atoms with Crippen molar-refractivity contribution in [1.29, 1.82) is 0 Å². The summed E-state index contributed by atoms with van der Waals surface area (Å²) in [7, 11) is 0. The van der Waals surface area contributed by atoms with Gasteiger partial charge < -0.3 is 24.8 Å². The molecular formula is C22H27ClN8O. The third kappa shape index (κ3) is 3.86. The van der Waals surface area contributed by atoms with Gasteiger partial charge in [-0.05, 0) is 26.0 Å². The van der Waals surface area contributed by atoms with E-state index in [9.17, 15) is 4.79 Å². The van der Waals surface area contributed by atoms with Crippen LogP contribution >= 0.6 is 11.6 Å². The number of pyridine rings is 1. The molecule has 0 aromatic carbocycles. The van der Waals surface area contributed by atoms with Gasteiger partial charge in [-0.2, -0.15) is 4.98 Å². The van der Waals surface area contributed by atoms with Crippen molar-refractivity contribution in [3.05, 3.63) is 47.5 Å². The van der Waals surface area contributed by atoms with Crippen LogP contribution in [0.25, 0.3) is 5.65 Å². The predicted molar refractivity (Wildman–Crippen MR) is 124 cm³/mol. The second-order valence-corrected chi connectivity index (χ2v) is 9.27. The molecular weight excluding hydrogens is 428 g/mol. The lowest BCUT2D eigenvalue weighted by molar-refractivity contribution is -0.127. The number of carbonyl (C=O) groups excluding carboxylic acids is 1. The molecule has 0 unspecified atom stereocenters. The first-order valence-electron chi connectivity index (χ1n) is 10.9. The number of fused-ring (bicyclic) bond motifs is 1. The lowest BCUT2D eigenvalue weighted by Crippen LogP contribution is -2.57. The number of halogens is 1. The van der Waals surface area contributed by atoms with Crippen LogP contribution in [0.1, 0.15) is 19.5 Å². The van der Waals surface area contributed by atoms with Gasteiger partial charge >= 0.3 is 0 Å². The average Bonchev–Trinajstić information content (AvgIpc) is 3.19. The molecule has 5 rings (SSSR count). The van der Waals surface area contributed by atoms with Crippen LogP contribution in [0, 0.1) is 5.92 Å². The van der Waals surface area contributed by atoms with Gasteiger partial charge in [0, 0.05) is 45.5 Å². The van der Waals surface area contributed by atoms with Gasteiger partial charge in [0.25, 0.3) is 0 Å². The van der Waals surface area contributed by atoms with E-state index in [1.54, 1.807) is 6.20 Å². The third-order valence-electron chi connectivity index (χ3n) is 6.16. The molecule has 0 spiro atoms. The Morgan fingerprint density at radius 2 is 1.94 bits per heavy atom. The highest BCUT2D eigenvalue weighted by atomic mass is 35.5. The van der Waals surface area contributed by atoms with E-state index in [-0.39, 0.29) is 11.8 Å². The summed E-state index contributed by atoms with van der Waals surface area (Å²) in [4.78, 5) is 30.7. The number of nitrogens with zero attached hydrogens (tertiary/aromatic N) is 6. The van der Waals surface area contributed by atoms with Crippen LogP contribution in [-0.4, -0.2) is 64.5 Å². The smallest absolute Gasteiger partial charge is 0.227 e. The molecule has 10 heteroatoms. The van der Waals surface area contributed by atoms with E-state index in [0.29, 0.717) is 29.9 Å². The van der Waals surface area contributed by atoms with Crippen LogP contribution in [0.4, 0.5) is 11.8 Å². The van der Waals surface area contributed by atoms with Crippen molar-refractivity contribution in [2.45, 2.75) is 19.4 Å². The molecule has 9 nitrogen and oxygen atoms in total. The fourth-order valence-electron chi connectivity index (χ4n) is 4.27. The van der Waals surface area contributed by atoms with Crippen LogP contribution in [0.5, 0.6) is 0 Å². The van der Waals surface area contributed by atoms with Crippen molar-refractivity contribution in [3.63, 3.8) is 0 Å². The Bertz CT molecular complexity index is 1130. The normalized spacial score (nSPS) is 17.5. The van der Waals surface area contributed by atoms with Crippen LogP contribution in [0.3, 0.4) is 0 Å². The molecule has 32 heavy (non-hydrogen) atoms. The van der Waals surface area contributed by atoms with Gasteiger partial charge in [0.1, 0.15) is 10.7 Å². The molecule has 2 aliphatic rings. The van der Waals surface area contributed by atoms with E-state index in [0.717, 1.165) is 37.5 Å². The summed E-state index contributed by atoms with van der Waals surface area (Å²) in [6.45, 7) is 8.71. The van der Waals surface area contributed by atoms with Crippen molar-refractivity contribution in [1.82, 2.24) is 30.0 Å². The van der Waals surface area contributed by atoms with E-state index >= 15 is 0 Å². The second kappa shape index (κ2) is 8.22. The average molecular weight is 455 g/mol. The first-order valence-corrected chi connectivity index (χ1v) is 11.3. The number of piperazine rings is 1.